The molecule has 0 N–H and O–H groups in total. The molecular formula is C21H16ClFN2O2S. The van der Waals surface area contributed by atoms with Crippen LogP contribution in [0.1, 0.15) is 11.1 Å². The number of fused-ring (bicyclic) bond motifs is 1. The molecule has 0 aliphatic carbocycles. The molecular weight excluding hydrogens is 399 g/mol. The maximum Gasteiger partial charge on any atom is 0.341 e. The third-order valence-corrected chi connectivity index (χ3v) is 6.34. The lowest BCUT2D eigenvalue weighted by Gasteiger charge is -2.36. The van der Waals surface area contributed by atoms with Crippen molar-refractivity contribution < 1.29 is 13.4 Å². The molecule has 1 unspecified atom stereocenters. The second kappa shape index (κ2) is 7.37. The van der Waals surface area contributed by atoms with Gasteiger partial charge in [-0.05, 0) is 43.3 Å². The van der Waals surface area contributed by atoms with Crippen molar-refractivity contribution in [1.82, 2.24) is 0 Å². The highest BCUT2D eigenvalue weighted by Crippen LogP contribution is 2.36. The number of hydrogen-bond donors (Lipinski definition) is 0. The van der Waals surface area contributed by atoms with Gasteiger partial charge in [-0.1, -0.05) is 47.5 Å². The molecule has 0 bridgehead atoms. The van der Waals surface area contributed by atoms with Gasteiger partial charge in [-0.15, -0.1) is 0 Å². The van der Waals surface area contributed by atoms with Crippen molar-refractivity contribution in [2.24, 2.45) is 0 Å². The van der Waals surface area contributed by atoms with Crippen LogP contribution in [0, 0.1) is 12.7 Å². The van der Waals surface area contributed by atoms with Gasteiger partial charge in [0.05, 0.1) is 22.8 Å². The number of nitrogens with zero attached hydrogens (tertiary/aromatic N) is 2. The summed E-state index contributed by atoms with van der Waals surface area (Å²) in [4.78, 5) is 15.2. The van der Waals surface area contributed by atoms with Crippen molar-refractivity contribution in [3.8, 4) is 0 Å². The third-order valence-electron chi connectivity index (χ3n) is 4.56. The number of para-hydroxylation sites is 1. The maximum absolute atomic E-state index is 14.4. The zero-order chi connectivity index (χ0) is 19.8. The number of rotatable bonds is 3. The van der Waals surface area contributed by atoms with Gasteiger partial charge in [0.25, 0.3) is 0 Å². The molecule has 1 heterocycles. The first-order chi connectivity index (χ1) is 13.5. The van der Waals surface area contributed by atoms with E-state index in [9.17, 15) is 13.4 Å². The summed E-state index contributed by atoms with van der Waals surface area (Å²) in [6.45, 7) is 1.86. The molecule has 1 atom stereocenters. The molecule has 4 rings (SSSR count). The van der Waals surface area contributed by atoms with E-state index in [1.54, 1.807) is 42.5 Å². The third kappa shape index (κ3) is 3.19. The van der Waals surface area contributed by atoms with Crippen molar-refractivity contribution in [2.75, 3.05) is 9.21 Å². The summed E-state index contributed by atoms with van der Waals surface area (Å²) in [5.74, 6) is -0.494. The maximum atomic E-state index is 14.4. The van der Waals surface area contributed by atoms with E-state index >= 15 is 0 Å². The first-order valence-corrected chi connectivity index (χ1v) is 10.1. The molecule has 0 fully saturated rings. The Labute approximate surface area is 169 Å². The molecule has 3 aromatic rings. The van der Waals surface area contributed by atoms with E-state index in [1.165, 1.54) is 21.3 Å². The van der Waals surface area contributed by atoms with Crippen LogP contribution in [0.5, 0.6) is 0 Å². The van der Waals surface area contributed by atoms with E-state index in [4.69, 9.17) is 11.6 Å². The highest BCUT2D eigenvalue weighted by atomic mass is 35.5. The fraction of sp³-hybridized carbons (Fsp3) is 0.0952. The Morgan fingerprint density at radius 1 is 1.00 bits per heavy atom. The van der Waals surface area contributed by atoms with Crippen molar-refractivity contribution in [1.29, 1.82) is 0 Å². The lowest BCUT2D eigenvalue weighted by atomic mass is 10.1. The standard InChI is InChI=1S/C21H16ClFN2O2S/c1-14-9-11-15(12-10-14)25-21(26)24(13-16-17(22)5-4-6-18(16)23)19-7-2-3-8-20(19)28(25)27/h2-12H,13H2,1H3. The van der Waals surface area contributed by atoms with Crippen LogP contribution in [0.4, 0.5) is 20.6 Å². The van der Waals surface area contributed by atoms with Crippen LogP contribution >= 0.6 is 11.6 Å². The molecule has 0 saturated heterocycles. The van der Waals surface area contributed by atoms with Gasteiger partial charge in [0.15, 0.2) is 11.0 Å². The summed E-state index contributed by atoms with van der Waals surface area (Å²) < 4.78 is 28.7. The molecule has 142 valence electrons. The Morgan fingerprint density at radius 2 is 1.71 bits per heavy atom. The van der Waals surface area contributed by atoms with Crippen LogP contribution in [0.25, 0.3) is 0 Å². The average Bonchev–Trinajstić information content (AvgIpc) is 2.69. The smallest absolute Gasteiger partial charge is 0.287 e. The Hall–Kier alpha value is -2.70. The minimum Gasteiger partial charge on any atom is -0.287 e. The first-order valence-electron chi connectivity index (χ1n) is 8.59. The molecule has 7 heteroatoms. The number of anilines is 2. The summed E-state index contributed by atoms with van der Waals surface area (Å²) in [5, 5.41) is 0.235. The van der Waals surface area contributed by atoms with Crippen LogP contribution < -0.4 is 9.21 Å². The van der Waals surface area contributed by atoms with Gasteiger partial charge in [0, 0.05) is 10.6 Å². The second-order valence-corrected chi connectivity index (χ2v) is 8.13. The molecule has 0 saturated carbocycles. The van der Waals surface area contributed by atoms with E-state index in [1.807, 2.05) is 19.1 Å². The predicted molar refractivity (Wildman–Crippen MR) is 109 cm³/mol. The summed E-state index contributed by atoms with van der Waals surface area (Å²) in [5.41, 5.74) is 2.22. The molecule has 3 aromatic carbocycles. The molecule has 0 radical (unpaired) electrons. The predicted octanol–water partition coefficient (Wildman–Crippen LogP) is 5.46. The van der Waals surface area contributed by atoms with Crippen LogP contribution in [0.3, 0.4) is 0 Å². The highest BCUT2D eigenvalue weighted by Gasteiger charge is 2.37. The second-order valence-electron chi connectivity index (χ2n) is 6.42. The van der Waals surface area contributed by atoms with Crippen LogP contribution in [-0.2, 0) is 17.5 Å². The quantitative estimate of drug-likeness (QED) is 0.571. The molecule has 2 amide bonds. The van der Waals surface area contributed by atoms with E-state index in [0.717, 1.165) is 5.56 Å². The summed E-state index contributed by atoms with van der Waals surface area (Å²) in [7, 11) is -1.71. The first kappa shape index (κ1) is 18.7. The Kier molecular flexibility index (Phi) is 4.91. The van der Waals surface area contributed by atoms with Crippen molar-refractivity contribution in [3.05, 3.63) is 88.7 Å². The van der Waals surface area contributed by atoms with E-state index in [2.05, 4.69) is 0 Å². The number of amides is 2. The number of benzene rings is 3. The average molecular weight is 415 g/mol. The van der Waals surface area contributed by atoms with Gasteiger partial charge in [-0.3, -0.25) is 4.90 Å². The zero-order valence-electron chi connectivity index (χ0n) is 14.9. The van der Waals surface area contributed by atoms with Crippen LogP contribution in [-0.4, -0.2) is 10.2 Å². The van der Waals surface area contributed by atoms with Crippen molar-refractivity contribution in [2.45, 2.75) is 18.4 Å². The largest absolute Gasteiger partial charge is 0.341 e. The van der Waals surface area contributed by atoms with Gasteiger partial charge >= 0.3 is 6.03 Å². The molecule has 4 nitrogen and oxygen atoms in total. The fourth-order valence-electron chi connectivity index (χ4n) is 3.09. The van der Waals surface area contributed by atoms with Crippen LogP contribution in [0.15, 0.2) is 71.6 Å². The number of halogens is 2. The monoisotopic (exact) mass is 414 g/mol. The Morgan fingerprint density at radius 3 is 2.43 bits per heavy atom. The van der Waals surface area contributed by atoms with E-state index in [0.29, 0.717) is 16.3 Å². The van der Waals surface area contributed by atoms with E-state index in [-0.39, 0.29) is 17.1 Å². The molecule has 1 aliphatic heterocycles. The molecule has 0 aromatic heterocycles. The Bertz CT molecular complexity index is 1070. The minimum atomic E-state index is -1.71. The Balaban J connectivity index is 1.83. The SMILES string of the molecule is Cc1ccc(N2C(=O)N(Cc3c(F)cccc3Cl)c3ccccc3S2=O)cc1. The van der Waals surface area contributed by atoms with Gasteiger partial charge in [-0.25, -0.2) is 17.7 Å². The van der Waals surface area contributed by atoms with Crippen molar-refractivity contribution in [3.63, 3.8) is 0 Å². The molecule has 0 spiro atoms. The number of carbonyl (C=O) groups is 1. The van der Waals surface area contributed by atoms with Gasteiger partial charge in [0.1, 0.15) is 5.82 Å². The number of urea groups is 1. The zero-order valence-corrected chi connectivity index (χ0v) is 16.5. The van der Waals surface area contributed by atoms with Gasteiger partial charge in [0.2, 0.25) is 0 Å². The highest BCUT2D eigenvalue weighted by molar-refractivity contribution is 7.87. The van der Waals surface area contributed by atoms with Gasteiger partial charge in [-0.2, -0.15) is 0 Å². The van der Waals surface area contributed by atoms with E-state index < -0.39 is 22.8 Å². The summed E-state index contributed by atoms with van der Waals surface area (Å²) in [6, 6.07) is 18.0. The number of hydrogen-bond acceptors (Lipinski definition) is 2. The lowest BCUT2D eigenvalue weighted by molar-refractivity contribution is 0.254. The number of aryl methyl sites for hydroxylation is 1. The topological polar surface area (TPSA) is 40.6 Å². The normalized spacial score (nSPS) is 16.2. The minimum absolute atomic E-state index is 0.0685. The summed E-state index contributed by atoms with van der Waals surface area (Å²) >= 11 is 6.17. The number of carbonyl (C=O) groups excluding carboxylic acids is 1. The molecule has 1 aliphatic rings. The molecule has 28 heavy (non-hydrogen) atoms. The van der Waals surface area contributed by atoms with Crippen LogP contribution in [0.2, 0.25) is 5.02 Å². The van der Waals surface area contributed by atoms with Gasteiger partial charge < -0.3 is 0 Å². The van der Waals surface area contributed by atoms with Crippen molar-refractivity contribution >= 4 is 40.0 Å². The fourth-order valence-corrected chi connectivity index (χ4v) is 4.62. The summed E-state index contributed by atoms with van der Waals surface area (Å²) in [6.07, 6.45) is 0. The lowest BCUT2D eigenvalue weighted by Crippen LogP contribution is -2.48.